The van der Waals surface area contributed by atoms with Crippen LogP contribution in [0.4, 0.5) is 5.69 Å². The van der Waals surface area contributed by atoms with Crippen molar-refractivity contribution in [3.05, 3.63) is 39.9 Å². The van der Waals surface area contributed by atoms with Gasteiger partial charge in [0, 0.05) is 12.1 Å². The average Bonchev–Trinajstić information content (AvgIpc) is 2.04. The average molecular weight is 191 g/mol. The van der Waals surface area contributed by atoms with Gasteiger partial charge in [0.05, 0.1) is 10.5 Å². The first-order chi connectivity index (χ1) is 5.61. The van der Waals surface area contributed by atoms with Crippen molar-refractivity contribution in [2.45, 2.75) is 0 Å². The summed E-state index contributed by atoms with van der Waals surface area (Å²) < 4.78 is 0. The third kappa shape index (κ3) is 3.14. The molecular formula is C7H6NNaO4. The second kappa shape index (κ2) is 4.96. The summed E-state index contributed by atoms with van der Waals surface area (Å²) in [6.07, 6.45) is 0. The number of nitro benzene ring substituents is 1. The number of hydrogen-bond acceptors (Lipinski definition) is 3. The summed E-state index contributed by atoms with van der Waals surface area (Å²) in [5.41, 5.74) is -0.0689. The van der Waals surface area contributed by atoms with Crippen molar-refractivity contribution in [1.29, 1.82) is 0 Å². The van der Waals surface area contributed by atoms with E-state index in [4.69, 9.17) is 5.11 Å². The first-order valence-electron chi connectivity index (χ1n) is 3.09. The van der Waals surface area contributed by atoms with Crippen LogP contribution in [0, 0.1) is 10.1 Å². The van der Waals surface area contributed by atoms with Crippen LogP contribution in [0.15, 0.2) is 24.3 Å². The third-order valence-electron chi connectivity index (χ3n) is 1.33. The molecule has 0 unspecified atom stereocenters. The standard InChI is InChI=1S/C7H5NO4.Na.H/c9-7(10)5-1-3-6(4-2-5)8(11)12;;/h1-4H,(H,9,10);;. The van der Waals surface area contributed by atoms with E-state index in [9.17, 15) is 14.9 Å². The van der Waals surface area contributed by atoms with Crippen LogP contribution in [0.5, 0.6) is 0 Å². The SMILES string of the molecule is O=C(O)c1ccc([N+](=O)[O-])cc1.[NaH]. The number of rotatable bonds is 2. The molecule has 5 nitrogen and oxygen atoms in total. The molecule has 0 saturated carbocycles. The van der Waals surface area contributed by atoms with Gasteiger partial charge < -0.3 is 5.11 Å². The molecule has 0 atom stereocenters. The van der Waals surface area contributed by atoms with Crippen molar-refractivity contribution in [2.75, 3.05) is 0 Å². The van der Waals surface area contributed by atoms with Gasteiger partial charge in [-0.15, -0.1) is 0 Å². The van der Waals surface area contributed by atoms with Crippen LogP contribution in [0.25, 0.3) is 0 Å². The van der Waals surface area contributed by atoms with E-state index in [1.807, 2.05) is 0 Å². The Morgan fingerprint density at radius 1 is 1.31 bits per heavy atom. The summed E-state index contributed by atoms with van der Waals surface area (Å²) in [5, 5.41) is 18.6. The predicted octanol–water partition coefficient (Wildman–Crippen LogP) is 0.644. The molecule has 0 aliphatic heterocycles. The number of nitrogens with zero attached hydrogens (tertiary/aromatic N) is 1. The second-order valence-corrected chi connectivity index (χ2v) is 2.11. The van der Waals surface area contributed by atoms with Crippen LogP contribution in [0.1, 0.15) is 10.4 Å². The molecular weight excluding hydrogens is 185 g/mol. The van der Waals surface area contributed by atoms with Crippen molar-refractivity contribution >= 4 is 41.2 Å². The first kappa shape index (κ1) is 12.1. The van der Waals surface area contributed by atoms with E-state index in [2.05, 4.69) is 0 Å². The third-order valence-corrected chi connectivity index (χ3v) is 1.33. The molecule has 0 aliphatic rings. The van der Waals surface area contributed by atoms with Gasteiger partial charge in [0.2, 0.25) is 0 Å². The topological polar surface area (TPSA) is 80.4 Å². The number of carboxylic acids is 1. The monoisotopic (exact) mass is 191 g/mol. The first-order valence-corrected chi connectivity index (χ1v) is 3.09. The van der Waals surface area contributed by atoms with E-state index in [0.29, 0.717) is 0 Å². The van der Waals surface area contributed by atoms with Gasteiger partial charge >= 0.3 is 35.5 Å². The quantitative estimate of drug-likeness (QED) is 0.422. The zero-order valence-corrected chi connectivity index (χ0v) is 5.93. The van der Waals surface area contributed by atoms with Gasteiger partial charge in [0.25, 0.3) is 5.69 Å². The Bertz CT molecular complexity index is 289. The maximum atomic E-state index is 10.3. The predicted molar refractivity (Wildman–Crippen MR) is 47.2 cm³/mol. The Balaban J connectivity index is 0.00000144. The van der Waals surface area contributed by atoms with Crippen LogP contribution in [-0.4, -0.2) is 45.6 Å². The van der Waals surface area contributed by atoms with Gasteiger partial charge in [0.15, 0.2) is 0 Å². The zero-order valence-electron chi connectivity index (χ0n) is 5.93. The zero-order chi connectivity index (χ0) is 9.14. The Labute approximate surface area is 95.8 Å². The van der Waals surface area contributed by atoms with E-state index in [0.717, 1.165) is 12.1 Å². The van der Waals surface area contributed by atoms with Crippen LogP contribution in [0.3, 0.4) is 0 Å². The normalized spacial score (nSPS) is 8.62. The fraction of sp³-hybridized carbons (Fsp3) is 0. The minimum atomic E-state index is -1.09. The second-order valence-electron chi connectivity index (χ2n) is 2.11. The Morgan fingerprint density at radius 2 is 1.77 bits per heavy atom. The van der Waals surface area contributed by atoms with Crippen molar-refractivity contribution in [1.82, 2.24) is 0 Å². The van der Waals surface area contributed by atoms with Gasteiger partial charge in [-0.2, -0.15) is 0 Å². The molecule has 0 spiro atoms. The van der Waals surface area contributed by atoms with Crippen molar-refractivity contribution in [3.63, 3.8) is 0 Å². The van der Waals surface area contributed by atoms with E-state index in [1.165, 1.54) is 12.1 Å². The number of nitro groups is 1. The number of aromatic carboxylic acids is 1. The van der Waals surface area contributed by atoms with Gasteiger partial charge in [-0.05, 0) is 12.1 Å². The Hall–Kier alpha value is -0.910. The Morgan fingerprint density at radius 3 is 2.08 bits per heavy atom. The van der Waals surface area contributed by atoms with Crippen molar-refractivity contribution < 1.29 is 14.8 Å². The van der Waals surface area contributed by atoms with Gasteiger partial charge in [-0.3, -0.25) is 10.1 Å². The molecule has 1 aromatic carbocycles. The van der Waals surface area contributed by atoms with Crippen LogP contribution in [-0.2, 0) is 0 Å². The van der Waals surface area contributed by atoms with E-state index in [-0.39, 0.29) is 40.8 Å². The van der Waals surface area contributed by atoms with Crippen molar-refractivity contribution in [2.24, 2.45) is 0 Å². The molecule has 1 aromatic rings. The minimum absolute atomic E-state index is 0. The Kier molecular flexibility index (Phi) is 4.61. The van der Waals surface area contributed by atoms with E-state index < -0.39 is 10.9 Å². The van der Waals surface area contributed by atoms with Crippen LogP contribution in [0.2, 0.25) is 0 Å². The number of hydrogen-bond donors (Lipinski definition) is 1. The summed E-state index contributed by atoms with van der Waals surface area (Å²) in [5.74, 6) is -1.09. The molecule has 0 bridgehead atoms. The van der Waals surface area contributed by atoms with Crippen molar-refractivity contribution in [3.8, 4) is 0 Å². The van der Waals surface area contributed by atoms with E-state index in [1.54, 1.807) is 0 Å². The summed E-state index contributed by atoms with van der Waals surface area (Å²) in [6.45, 7) is 0. The molecule has 0 aromatic heterocycles. The van der Waals surface area contributed by atoms with Gasteiger partial charge in [0.1, 0.15) is 0 Å². The van der Waals surface area contributed by atoms with Gasteiger partial charge in [-0.25, -0.2) is 4.79 Å². The molecule has 0 amide bonds. The number of non-ortho nitro benzene ring substituents is 1. The molecule has 6 heteroatoms. The fourth-order valence-electron chi connectivity index (χ4n) is 0.726. The van der Waals surface area contributed by atoms with E-state index >= 15 is 0 Å². The molecule has 0 fully saturated rings. The maximum absolute atomic E-state index is 10.3. The van der Waals surface area contributed by atoms with Crippen LogP contribution < -0.4 is 0 Å². The molecule has 1 N–H and O–H groups in total. The summed E-state index contributed by atoms with van der Waals surface area (Å²) in [4.78, 5) is 19.9. The molecule has 1 rings (SSSR count). The van der Waals surface area contributed by atoms with Gasteiger partial charge in [-0.1, -0.05) is 0 Å². The number of carboxylic acid groups (broad SMARTS) is 1. The summed E-state index contributed by atoms with van der Waals surface area (Å²) in [7, 11) is 0. The fourth-order valence-corrected chi connectivity index (χ4v) is 0.726. The summed E-state index contributed by atoms with van der Waals surface area (Å²) >= 11 is 0. The molecule has 64 valence electrons. The molecule has 0 radical (unpaired) electrons. The van der Waals surface area contributed by atoms with Crippen LogP contribution >= 0.6 is 0 Å². The molecule has 0 saturated heterocycles. The summed E-state index contributed by atoms with van der Waals surface area (Å²) in [6, 6.07) is 4.70. The molecule has 0 aliphatic carbocycles. The molecule has 0 heterocycles. The number of benzene rings is 1. The number of carbonyl (C=O) groups is 1. The molecule has 13 heavy (non-hydrogen) atoms.